The smallest absolute Gasteiger partial charge is 0.408 e. The molecule has 0 radical (unpaired) electrons. The van der Waals surface area contributed by atoms with Gasteiger partial charge in [-0.05, 0) is 41.9 Å². The number of aliphatic hydroxyl groups is 3. The van der Waals surface area contributed by atoms with Gasteiger partial charge >= 0.3 is 18.0 Å². The number of ether oxygens (including phenoxy) is 3. The molecular formula is C46H60N4O12. The summed E-state index contributed by atoms with van der Waals surface area (Å²) in [5, 5.41) is 43.5. The number of esters is 2. The van der Waals surface area contributed by atoms with Crippen LogP contribution in [0.15, 0.2) is 104 Å². The van der Waals surface area contributed by atoms with Gasteiger partial charge in [-0.1, -0.05) is 125 Å². The van der Waals surface area contributed by atoms with Crippen LogP contribution in [-0.2, 0) is 44.8 Å². The predicted molar refractivity (Wildman–Crippen MR) is 229 cm³/mol. The highest BCUT2D eigenvalue weighted by Crippen LogP contribution is 2.27. The molecule has 336 valence electrons. The Bertz CT molecular complexity index is 1890. The number of nitrogens with one attached hydrogen (secondary N) is 4. The van der Waals surface area contributed by atoms with E-state index in [1.165, 1.54) is 13.0 Å². The van der Waals surface area contributed by atoms with Crippen LogP contribution in [0.5, 0.6) is 0 Å². The quantitative estimate of drug-likeness (QED) is 0.0413. The second-order valence-electron chi connectivity index (χ2n) is 15.9. The second-order valence-corrected chi connectivity index (χ2v) is 15.9. The number of rotatable bonds is 23. The van der Waals surface area contributed by atoms with Gasteiger partial charge in [0.15, 0.2) is 12.2 Å². The zero-order chi connectivity index (χ0) is 46.0. The number of hydrogen-bond donors (Lipinski definition) is 7. The van der Waals surface area contributed by atoms with Gasteiger partial charge in [0, 0.05) is 6.92 Å². The Morgan fingerprint density at radius 3 is 1.77 bits per heavy atom. The average Bonchev–Trinajstić information content (AvgIpc) is 3.24. The minimum absolute atomic E-state index is 0.0429. The molecule has 0 saturated heterocycles. The Morgan fingerprint density at radius 2 is 1.27 bits per heavy atom. The molecule has 0 fully saturated rings. The molecule has 0 heterocycles. The van der Waals surface area contributed by atoms with Crippen molar-refractivity contribution in [2.75, 3.05) is 6.61 Å². The van der Waals surface area contributed by atoms with Gasteiger partial charge in [-0.25, -0.2) is 4.79 Å². The summed E-state index contributed by atoms with van der Waals surface area (Å²) in [7, 11) is 0. The standard InChI is InChI=1S/C46H60N4O12/c1-8-46(7,25-36(52)62-41(32-20-14-10-15-21-32)33-22-16-11-17-23-33)50-44(58)40(55)39(54)38(53)35(27-60-30(6)51)48-42(56)34(24-28(2)3)47-43(57)37(29(4)5)49-45(59)61-26-31-18-12-9-13-19-31/h8-23,28-29,34-35,37-41,53-55H,1,24-27H2,2-7H3,(H,47,57)(H,48,56)(H,49,59)(H,50,58)/t34-,35-,37-,38+,39+,40-,46-/m0/s1. The summed E-state index contributed by atoms with van der Waals surface area (Å²) in [4.78, 5) is 78.6. The lowest BCUT2D eigenvalue weighted by atomic mass is 9.95. The number of aliphatic hydroxyl groups excluding tert-OH is 3. The minimum atomic E-state index is -2.34. The fourth-order valence-electron chi connectivity index (χ4n) is 6.27. The molecule has 0 aromatic heterocycles. The molecule has 7 N–H and O–H groups in total. The molecule has 0 aliphatic carbocycles. The van der Waals surface area contributed by atoms with Gasteiger partial charge < -0.3 is 50.8 Å². The number of amides is 4. The van der Waals surface area contributed by atoms with Gasteiger partial charge in [0.25, 0.3) is 5.91 Å². The topological polar surface area (TPSA) is 239 Å². The third-order valence-corrected chi connectivity index (χ3v) is 9.75. The Kier molecular flexibility index (Phi) is 19.8. The van der Waals surface area contributed by atoms with E-state index in [1.807, 2.05) is 18.2 Å². The molecule has 62 heavy (non-hydrogen) atoms. The lowest BCUT2D eigenvalue weighted by molar-refractivity contribution is -0.152. The Morgan fingerprint density at radius 1 is 0.726 bits per heavy atom. The van der Waals surface area contributed by atoms with Crippen molar-refractivity contribution >= 4 is 35.8 Å². The maximum Gasteiger partial charge on any atom is 0.408 e. The first-order chi connectivity index (χ1) is 29.3. The molecule has 4 amide bonds. The molecule has 0 saturated carbocycles. The van der Waals surface area contributed by atoms with Crippen molar-refractivity contribution in [3.05, 3.63) is 120 Å². The van der Waals surface area contributed by atoms with E-state index in [-0.39, 0.29) is 18.9 Å². The van der Waals surface area contributed by atoms with Crippen LogP contribution in [-0.4, -0.2) is 99.7 Å². The number of carbonyl (C=O) groups excluding carboxylic acids is 6. The third-order valence-electron chi connectivity index (χ3n) is 9.75. The molecule has 7 atom stereocenters. The van der Waals surface area contributed by atoms with Crippen molar-refractivity contribution in [2.45, 2.75) is 109 Å². The highest BCUT2D eigenvalue weighted by molar-refractivity contribution is 5.91. The Hall–Kier alpha value is -6.10. The summed E-state index contributed by atoms with van der Waals surface area (Å²) in [6.45, 7) is 12.4. The Labute approximate surface area is 362 Å². The molecule has 16 nitrogen and oxygen atoms in total. The second kappa shape index (κ2) is 24.4. The lowest BCUT2D eigenvalue weighted by Crippen LogP contribution is -2.61. The van der Waals surface area contributed by atoms with Crippen LogP contribution in [0.1, 0.15) is 77.2 Å². The van der Waals surface area contributed by atoms with Crippen LogP contribution in [0, 0.1) is 11.8 Å². The van der Waals surface area contributed by atoms with Crippen molar-refractivity contribution in [3.8, 4) is 0 Å². The normalized spacial score (nSPS) is 15.1. The average molecular weight is 861 g/mol. The van der Waals surface area contributed by atoms with E-state index < -0.39 is 103 Å². The molecule has 0 aliphatic heterocycles. The SMILES string of the molecule is C=C[C@@](C)(CC(=O)OC(c1ccccc1)c1ccccc1)NC(=O)[C@@H](O)[C@H](O)[C@H](O)[C@H](COC(C)=O)NC(=O)[C@H](CC(C)C)NC(=O)[C@@H](NC(=O)OCc1ccccc1)C(C)C. The van der Waals surface area contributed by atoms with Gasteiger partial charge in [-0.15, -0.1) is 6.58 Å². The zero-order valence-corrected chi connectivity index (χ0v) is 36.0. The first-order valence-electron chi connectivity index (χ1n) is 20.3. The molecule has 0 bridgehead atoms. The maximum atomic E-state index is 13.8. The first kappa shape index (κ1) is 50.3. The molecule has 0 aliphatic rings. The van der Waals surface area contributed by atoms with E-state index in [1.54, 1.807) is 100 Å². The lowest BCUT2D eigenvalue weighted by Gasteiger charge is -2.33. The minimum Gasteiger partial charge on any atom is -0.464 e. The third kappa shape index (κ3) is 16.1. The van der Waals surface area contributed by atoms with E-state index in [9.17, 15) is 44.1 Å². The molecule has 3 rings (SSSR count). The molecular weight excluding hydrogens is 801 g/mol. The number of benzene rings is 3. The van der Waals surface area contributed by atoms with E-state index >= 15 is 0 Å². The van der Waals surface area contributed by atoms with Crippen molar-refractivity contribution in [1.82, 2.24) is 21.3 Å². The van der Waals surface area contributed by atoms with E-state index in [2.05, 4.69) is 27.8 Å². The molecule has 3 aromatic carbocycles. The summed E-state index contributed by atoms with van der Waals surface area (Å²) in [6.07, 6.45) is -7.52. The number of hydrogen-bond acceptors (Lipinski definition) is 12. The number of alkyl carbamates (subject to hydrolysis) is 1. The molecule has 3 aromatic rings. The van der Waals surface area contributed by atoms with Gasteiger partial charge in [0.05, 0.1) is 18.0 Å². The van der Waals surface area contributed by atoms with Crippen molar-refractivity contribution in [2.24, 2.45) is 11.8 Å². The summed E-state index contributed by atoms with van der Waals surface area (Å²) < 4.78 is 16.2. The van der Waals surface area contributed by atoms with Crippen molar-refractivity contribution in [3.63, 3.8) is 0 Å². The van der Waals surface area contributed by atoms with E-state index in [4.69, 9.17) is 14.2 Å². The van der Waals surface area contributed by atoms with Gasteiger partial charge in [-0.3, -0.25) is 24.0 Å². The molecule has 0 spiro atoms. The van der Waals surface area contributed by atoms with Crippen LogP contribution in [0.25, 0.3) is 0 Å². The van der Waals surface area contributed by atoms with Crippen LogP contribution < -0.4 is 21.3 Å². The predicted octanol–water partition coefficient (Wildman–Crippen LogP) is 3.38. The van der Waals surface area contributed by atoms with Crippen LogP contribution in [0.3, 0.4) is 0 Å². The monoisotopic (exact) mass is 860 g/mol. The summed E-state index contributed by atoms with van der Waals surface area (Å²) in [6, 6.07) is 23.0. The maximum absolute atomic E-state index is 13.8. The summed E-state index contributed by atoms with van der Waals surface area (Å²) >= 11 is 0. The van der Waals surface area contributed by atoms with Crippen LogP contribution >= 0.6 is 0 Å². The number of carbonyl (C=O) groups is 6. The van der Waals surface area contributed by atoms with Crippen molar-refractivity contribution < 1.29 is 58.3 Å². The zero-order valence-electron chi connectivity index (χ0n) is 36.0. The highest BCUT2D eigenvalue weighted by atomic mass is 16.6. The summed E-state index contributed by atoms with van der Waals surface area (Å²) in [5.74, 6) is -4.96. The highest BCUT2D eigenvalue weighted by Gasteiger charge is 2.40. The Balaban J connectivity index is 1.72. The van der Waals surface area contributed by atoms with Crippen molar-refractivity contribution in [1.29, 1.82) is 0 Å². The molecule has 0 unspecified atom stereocenters. The van der Waals surface area contributed by atoms with E-state index in [0.29, 0.717) is 11.1 Å². The molecule has 16 heteroatoms. The fraction of sp³-hybridized carbons (Fsp3) is 0.435. The first-order valence-corrected chi connectivity index (χ1v) is 20.3. The van der Waals surface area contributed by atoms with Crippen LogP contribution in [0.2, 0.25) is 0 Å². The summed E-state index contributed by atoms with van der Waals surface area (Å²) in [5.41, 5.74) is 0.610. The largest absolute Gasteiger partial charge is 0.464 e. The fourth-order valence-corrected chi connectivity index (χ4v) is 6.27. The van der Waals surface area contributed by atoms with Gasteiger partial charge in [0.1, 0.15) is 37.5 Å². The van der Waals surface area contributed by atoms with Gasteiger partial charge in [-0.2, -0.15) is 0 Å². The van der Waals surface area contributed by atoms with Crippen LogP contribution in [0.4, 0.5) is 4.79 Å². The van der Waals surface area contributed by atoms with E-state index in [0.717, 1.165) is 12.5 Å². The van der Waals surface area contributed by atoms with Gasteiger partial charge in [0.2, 0.25) is 11.8 Å².